The summed E-state index contributed by atoms with van der Waals surface area (Å²) in [6, 6.07) is 19.8. The Bertz CT molecular complexity index is 1170. The predicted molar refractivity (Wildman–Crippen MR) is 113 cm³/mol. The Kier molecular flexibility index (Phi) is 5.52. The lowest BCUT2D eigenvalue weighted by atomic mass is 10.2. The fraction of sp³-hybridized carbons (Fsp3) is 0.130. The van der Waals surface area contributed by atoms with E-state index in [-0.39, 0.29) is 12.5 Å². The van der Waals surface area contributed by atoms with Crippen molar-refractivity contribution in [3.8, 4) is 28.7 Å². The van der Waals surface area contributed by atoms with Gasteiger partial charge >= 0.3 is 0 Å². The van der Waals surface area contributed by atoms with E-state index >= 15 is 0 Å². The van der Waals surface area contributed by atoms with Crippen LogP contribution < -0.4 is 19.5 Å². The minimum atomic E-state index is -0.285. The zero-order chi connectivity index (χ0) is 20.9. The monoisotopic (exact) mass is 404 g/mol. The summed E-state index contributed by atoms with van der Waals surface area (Å²) in [6.45, 7) is -0.126. The molecule has 0 saturated carbocycles. The fourth-order valence-electron chi connectivity index (χ4n) is 2.90. The molecule has 0 aliphatic carbocycles. The summed E-state index contributed by atoms with van der Waals surface area (Å²) in [5, 5.41) is 2.80. The molecule has 7 heteroatoms. The Balaban J connectivity index is 1.43. The number of benzene rings is 3. The van der Waals surface area contributed by atoms with E-state index in [1.807, 2.05) is 24.3 Å². The smallest absolute Gasteiger partial charge is 0.262 e. The first-order valence-corrected chi connectivity index (χ1v) is 9.26. The number of fused-ring (bicyclic) bond motifs is 1. The maximum atomic E-state index is 12.2. The van der Waals surface area contributed by atoms with Gasteiger partial charge in [0.1, 0.15) is 22.8 Å². The maximum absolute atomic E-state index is 12.2. The van der Waals surface area contributed by atoms with Gasteiger partial charge in [0.25, 0.3) is 5.91 Å². The van der Waals surface area contributed by atoms with Gasteiger partial charge in [-0.1, -0.05) is 6.07 Å². The van der Waals surface area contributed by atoms with E-state index in [4.69, 9.17) is 18.6 Å². The number of methoxy groups -OCH3 is 2. The molecule has 3 aromatic carbocycles. The van der Waals surface area contributed by atoms with Crippen molar-refractivity contribution >= 4 is 22.7 Å². The van der Waals surface area contributed by atoms with Gasteiger partial charge in [-0.25, -0.2) is 4.98 Å². The molecule has 1 heterocycles. The van der Waals surface area contributed by atoms with Crippen molar-refractivity contribution in [3.05, 3.63) is 66.7 Å². The molecule has 1 aromatic heterocycles. The van der Waals surface area contributed by atoms with E-state index in [9.17, 15) is 4.79 Å². The molecule has 0 aliphatic heterocycles. The molecule has 4 aromatic rings. The molecule has 0 saturated heterocycles. The maximum Gasteiger partial charge on any atom is 0.262 e. The molecule has 7 nitrogen and oxygen atoms in total. The van der Waals surface area contributed by atoms with Gasteiger partial charge in [-0.05, 0) is 48.5 Å². The molecule has 0 aliphatic rings. The Labute approximate surface area is 173 Å². The quantitative estimate of drug-likeness (QED) is 0.487. The molecule has 0 atom stereocenters. The van der Waals surface area contributed by atoms with E-state index < -0.39 is 0 Å². The number of aromatic nitrogens is 1. The lowest BCUT2D eigenvalue weighted by molar-refractivity contribution is -0.118. The highest BCUT2D eigenvalue weighted by Gasteiger charge is 2.11. The summed E-state index contributed by atoms with van der Waals surface area (Å²) in [7, 11) is 3.19. The number of nitrogens with one attached hydrogen (secondary N) is 1. The van der Waals surface area contributed by atoms with Gasteiger partial charge in [-0.15, -0.1) is 0 Å². The van der Waals surface area contributed by atoms with E-state index in [2.05, 4.69) is 10.3 Å². The second-order valence-electron chi connectivity index (χ2n) is 6.45. The second-order valence-corrected chi connectivity index (χ2v) is 6.45. The normalized spacial score (nSPS) is 10.6. The number of nitrogens with zero attached hydrogens (tertiary/aromatic N) is 1. The molecule has 152 valence electrons. The summed E-state index contributed by atoms with van der Waals surface area (Å²) < 4.78 is 21.7. The fourth-order valence-corrected chi connectivity index (χ4v) is 2.90. The molecule has 1 amide bonds. The molecule has 0 unspecified atom stereocenters. The largest absolute Gasteiger partial charge is 0.497 e. The number of carbonyl (C=O) groups excluding carboxylic acids is 1. The predicted octanol–water partition coefficient (Wildman–Crippen LogP) is 4.53. The number of ether oxygens (including phenoxy) is 3. The van der Waals surface area contributed by atoms with Crippen LogP contribution in [0.2, 0.25) is 0 Å². The van der Waals surface area contributed by atoms with E-state index in [0.717, 1.165) is 11.3 Å². The van der Waals surface area contributed by atoms with Crippen LogP contribution in [0.15, 0.2) is 71.1 Å². The summed E-state index contributed by atoms with van der Waals surface area (Å²) in [4.78, 5) is 16.7. The van der Waals surface area contributed by atoms with Crippen LogP contribution in [-0.4, -0.2) is 31.7 Å². The third-order valence-electron chi connectivity index (χ3n) is 4.42. The number of hydrogen-bond acceptors (Lipinski definition) is 6. The van der Waals surface area contributed by atoms with Gasteiger partial charge in [0.15, 0.2) is 12.2 Å². The van der Waals surface area contributed by atoms with Crippen molar-refractivity contribution in [1.82, 2.24) is 4.98 Å². The van der Waals surface area contributed by atoms with Gasteiger partial charge in [-0.3, -0.25) is 4.79 Å². The van der Waals surface area contributed by atoms with Crippen LogP contribution in [0.4, 0.5) is 5.69 Å². The molecular formula is C23H20N2O5. The molecule has 0 fully saturated rings. The highest BCUT2D eigenvalue weighted by Crippen LogP contribution is 2.27. The Hall–Kier alpha value is -4.00. The lowest BCUT2D eigenvalue weighted by Crippen LogP contribution is -2.20. The summed E-state index contributed by atoms with van der Waals surface area (Å²) in [5.41, 5.74) is 2.71. The Morgan fingerprint density at radius 2 is 1.70 bits per heavy atom. The van der Waals surface area contributed by atoms with E-state index in [1.54, 1.807) is 56.7 Å². The van der Waals surface area contributed by atoms with Crippen LogP contribution in [0.1, 0.15) is 0 Å². The summed E-state index contributed by atoms with van der Waals surface area (Å²) in [5.74, 6) is 2.19. The molecular weight excluding hydrogens is 384 g/mol. The van der Waals surface area contributed by atoms with Crippen molar-refractivity contribution in [2.75, 3.05) is 26.1 Å². The van der Waals surface area contributed by atoms with Crippen molar-refractivity contribution in [1.29, 1.82) is 0 Å². The molecule has 30 heavy (non-hydrogen) atoms. The number of oxazole rings is 1. The van der Waals surface area contributed by atoms with Crippen LogP contribution in [0.3, 0.4) is 0 Å². The van der Waals surface area contributed by atoms with Crippen LogP contribution in [0.25, 0.3) is 22.6 Å². The van der Waals surface area contributed by atoms with E-state index in [0.29, 0.717) is 34.2 Å². The van der Waals surface area contributed by atoms with Crippen LogP contribution in [0.5, 0.6) is 17.2 Å². The first kappa shape index (κ1) is 19.3. The zero-order valence-electron chi connectivity index (χ0n) is 16.5. The van der Waals surface area contributed by atoms with Crippen molar-refractivity contribution in [3.63, 3.8) is 0 Å². The van der Waals surface area contributed by atoms with Crippen molar-refractivity contribution in [2.45, 2.75) is 0 Å². The van der Waals surface area contributed by atoms with Gasteiger partial charge in [0, 0.05) is 23.4 Å². The Morgan fingerprint density at radius 3 is 2.47 bits per heavy atom. The minimum absolute atomic E-state index is 0.126. The van der Waals surface area contributed by atoms with Gasteiger partial charge < -0.3 is 23.9 Å². The van der Waals surface area contributed by atoms with Crippen LogP contribution in [0, 0.1) is 0 Å². The average molecular weight is 404 g/mol. The number of rotatable bonds is 7. The second kappa shape index (κ2) is 8.57. The first-order chi connectivity index (χ1) is 14.6. The molecule has 0 bridgehead atoms. The number of carbonyl (C=O) groups is 1. The topological polar surface area (TPSA) is 82.8 Å². The van der Waals surface area contributed by atoms with Crippen molar-refractivity contribution < 1.29 is 23.4 Å². The molecule has 1 N–H and O–H groups in total. The van der Waals surface area contributed by atoms with Crippen LogP contribution >= 0.6 is 0 Å². The third kappa shape index (κ3) is 4.35. The third-order valence-corrected chi connectivity index (χ3v) is 4.42. The number of amides is 1. The van der Waals surface area contributed by atoms with Crippen LogP contribution in [-0.2, 0) is 4.79 Å². The molecule has 0 spiro atoms. The summed E-state index contributed by atoms with van der Waals surface area (Å²) >= 11 is 0. The van der Waals surface area contributed by atoms with Gasteiger partial charge in [-0.2, -0.15) is 0 Å². The van der Waals surface area contributed by atoms with E-state index in [1.165, 1.54) is 0 Å². The van der Waals surface area contributed by atoms with Gasteiger partial charge in [0.2, 0.25) is 5.89 Å². The average Bonchev–Trinajstić information content (AvgIpc) is 3.21. The van der Waals surface area contributed by atoms with Gasteiger partial charge in [0.05, 0.1) is 14.2 Å². The SMILES string of the molecule is COc1ccc(-c2nc3ccc(NC(=O)COc4cccc(OC)c4)cc3o2)cc1. The van der Waals surface area contributed by atoms with Crippen molar-refractivity contribution in [2.24, 2.45) is 0 Å². The lowest BCUT2D eigenvalue weighted by Gasteiger charge is -2.08. The zero-order valence-corrected chi connectivity index (χ0v) is 16.5. The molecule has 0 radical (unpaired) electrons. The Morgan fingerprint density at radius 1 is 0.933 bits per heavy atom. The minimum Gasteiger partial charge on any atom is -0.497 e. The highest BCUT2D eigenvalue weighted by molar-refractivity contribution is 5.93. The molecule has 4 rings (SSSR count). The number of anilines is 1. The first-order valence-electron chi connectivity index (χ1n) is 9.26. The summed E-state index contributed by atoms with van der Waals surface area (Å²) in [6.07, 6.45) is 0. The highest BCUT2D eigenvalue weighted by atomic mass is 16.5. The standard InChI is InChI=1S/C23H20N2O5/c1-27-17-9-6-15(7-10-17)23-25-20-11-8-16(12-21(20)30-23)24-22(26)14-29-19-5-3-4-18(13-19)28-2/h3-13H,14H2,1-2H3,(H,24,26). The number of hydrogen-bond donors (Lipinski definition) is 1.